The molecule has 2 amide bonds. The van der Waals surface area contributed by atoms with Gasteiger partial charge in [0.1, 0.15) is 0 Å². The van der Waals surface area contributed by atoms with Crippen LogP contribution in [0.4, 0.5) is 5.69 Å². The number of amides is 2. The molecule has 0 bridgehead atoms. The van der Waals surface area contributed by atoms with Crippen molar-refractivity contribution in [3.63, 3.8) is 0 Å². The van der Waals surface area contributed by atoms with E-state index in [1.807, 2.05) is 24.0 Å². The molecule has 3 aliphatic rings. The van der Waals surface area contributed by atoms with E-state index in [2.05, 4.69) is 11.0 Å². The van der Waals surface area contributed by atoms with Crippen LogP contribution in [0.15, 0.2) is 18.2 Å². The van der Waals surface area contributed by atoms with E-state index < -0.39 is 0 Å². The zero-order chi connectivity index (χ0) is 18.1. The molecule has 2 aliphatic carbocycles. The van der Waals surface area contributed by atoms with Crippen LogP contribution in [0.3, 0.4) is 0 Å². The van der Waals surface area contributed by atoms with Gasteiger partial charge in [-0.2, -0.15) is 0 Å². The number of anilines is 1. The van der Waals surface area contributed by atoms with Crippen LogP contribution in [-0.2, 0) is 11.2 Å². The maximum atomic E-state index is 13.4. The van der Waals surface area contributed by atoms with Crippen molar-refractivity contribution in [2.24, 2.45) is 0 Å². The molecule has 0 radical (unpaired) electrons. The lowest BCUT2D eigenvalue weighted by molar-refractivity contribution is -0.118. The van der Waals surface area contributed by atoms with Crippen LogP contribution < -0.4 is 4.90 Å². The zero-order valence-electron chi connectivity index (χ0n) is 15.9. The van der Waals surface area contributed by atoms with Gasteiger partial charge in [-0.1, -0.05) is 32.6 Å². The number of benzene rings is 1. The Morgan fingerprint density at radius 3 is 2.23 bits per heavy atom. The fourth-order valence-corrected chi connectivity index (χ4v) is 5.13. The highest BCUT2D eigenvalue weighted by Gasteiger charge is 2.35. The molecule has 4 nitrogen and oxygen atoms in total. The zero-order valence-corrected chi connectivity index (χ0v) is 15.9. The first-order valence-corrected chi connectivity index (χ1v) is 10.4. The van der Waals surface area contributed by atoms with Crippen molar-refractivity contribution in [2.75, 3.05) is 11.4 Å². The molecule has 26 heavy (non-hydrogen) atoms. The Morgan fingerprint density at radius 2 is 1.65 bits per heavy atom. The summed E-state index contributed by atoms with van der Waals surface area (Å²) in [5.41, 5.74) is 2.96. The smallest absolute Gasteiger partial charge is 0.254 e. The highest BCUT2D eigenvalue weighted by molar-refractivity contribution is 5.98. The van der Waals surface area contributed by atoms with Crippen LogP contribution >= 0.6 is 0 Å². The Balaban J connectivity index is 1.59. The Morgan fingerprint density at radius 1 is 1.04 bits per heavy atom. The summed E-state index contributed by atoms with van der Waals surface area (Å²) >= 11 is 0. The maximum absolute atomic E-state index is 13.4. The van der Waals surface area contributed by atoms with Gasteiger partial charge >= 0.3 is 0 Å². The van der Waals surface area contributed by atoms with E-state index in [0.717, 1.165) is 55.5 Å². The summed E-state index contributed by atoms with van der Waals surface area (Å²) in [6, 6.07) is 6.84. The molecule has 4 heteroatoms. The third-order valence-corrected chi connectivity index (χ3v) is 6.50. The lowest BCUT2D eigenvalue weighted by Crippen LogP contribution is -2.45. The van der Waals surface area contributed by atoms with E-state index in [9.17, 15) is 9.59 Å². The first-order valence-electron chi connectivity index (χ1n) is 10.4. The van der Waals surface area contributed by atoms with E-state index in [0.29, 0.717) is 18.5 Å². The first-order chi connectivity index (χ1) is 12.7. The van der Waals surface area contributed by atoms with E-state index in [1.54, 1.807) is 0 Å². The Kier molecular flexibility index (Phi) is 5.01. The Bertz CT molecular complexity index is 671. The second kappa shape index (κ2) is 7.42. The van der Waals surface area contributed by atoms with Gasteiger partial charge in [-0.15, -0.1) is 0 Å². The van der Waals surface area contributed by atoms with Crippen molar-refractivity contribution in [1.82, 2.24) is 4.90 Å². The van der Waals surface area contributed by atoms with Crippen LogP contribution in [0.5, 0.6) is 0 Å². The van der Waals surface area contributed by atoms with Crippen molar-refractivity contribution < 1.29 is 9.59 Å². The van der Waals surface area contributed by atoms with E-state index in [-0.39, 0.29) is 11.8 Å². The predicted octanol–water partition coefficient (Wildman–Crippen LogP) is 4.31. The fraction of sp³-hybridized carbons (Fsp3) is 0.636. The third-order valence-electron chi connectivity index (χ3n) is 6.50. The number of rotatable bonds is 4. The number of hydrogen-bond acceptors (Lipinski definition) is 2. The average Bonchev–Trinajstić information content (AvgIpc) is 3.42. The second-order valence-corrected chi connectivity index (χ2v) is 8.08. The highest BCUT2D eigenvalue weighted by Crippen LogP contribution is 2.34. The largest absolute Gasteiger partial charge is 0.333 e. The van der Waals surface area contributed by atoms with Gasteiger partial charge < -0.3 is 9.80 Å². The minimum Gasteiger partial charge on any atom is -0.333 e. The molecule has 0 N–H and O–H groups in total. The number of carbonyl (C=O) groups is 2. The summed E-state index contributed by atoms with van der Waals surface area (Å²) in [6.45, 7) is 2.65. The van der Waals surface area contributed by atoms with Gasteiger partial charge in [0.2, 0.25) is 5.91 Å². The molecule has 4 rings (SSSR count). The number of hydrogen-bond donors (Lipinski definition) is 0. The van der Waals surface area contributed by atoms with Crippen LogP contribution in [-0.4, -0.2) is 35.3 Å². The average molecular weight is 354 g/mol. The summed E-state index contributed by atoms with van der Waals surface area (Å²) in [6.07, 6.45) is 11.0. The number of fused-ring (bicyclic) bond motifs is 1. The molecule has 0 saturated heterocycles. The molecular formula is C22H30N2O2. The molecule has 0 aromatic heterocycles. The minimum atomic E-state index is 0.168. The molecule has 2 saturated carbocycles. The summed E-state index contributed by atoms with van der Waals surface area (Å²) in [7, 11) is 0. The quantitative estimate of drug-likeness (QED) is 0.808. The van der Waals surface area contributed by atoms with Gasteiger partial charge in [0, 0.05) is 36.3 Å². The fourth-order valence-electron chi connectivity index (χ4n) is 5.13. The Labute approximate surface area is 156 Å². The molecule has 1 aliphatic heterocycles. The standard InChI is InChI=1S/C22H30N2O2/c1-2-21(25)23-14-13-16-15-17(11-12-20(16)23)22(26)24(18-7-3-4-8-18)19-9-5-6-10-19/h11-12,15,18-19H,2-10,13-14H2,1H3. The van der Waals surface area contributed by atoms with Crippen molar-refractivity contribution in [3.8, 4) is 0 Å². The molecule has 140 valence electrons. The van der Waals surface area contributed by atoms with Gasteiger partial charge in [0.15, 0.2) is 0 Å². The molecular weight excluding hydrogens is 324 g/mol. The minimum absolute atomic E-state index is 0.168. The topological polar surface area (TPSA) is 40.6 Å². The summed E-state index contributed by atoms with van der Waals surface area (Å²) in [5, 5.41) is 0. The van der Waals surface area contributed by atoms with Crippen LogP contribution in [0, 0.1) is 0 Å². The highest BCUT2D eigenvalue weighted by atomic mass is 16.2. The van der Waals surface area contributed by atoms with Crippen molar-refractivity contribution >= 4 is 17.5 Å². The molecule has 1 heterocycles. The molecule has 1 aromatic rings. The lowest BCUT2D eigenvalue weighted by atomic mass is 10.0. The molecule has 0 atom stereocenters. The van der Waals surface area contributed by atoms with Crippen molar-refractivity contribution in [3.05, 3.63) is 29.3 Å². The maximum Gasteiger partial charge on any atom is 0.254 e. The van der Waals surface area contributed by atoms with Crippen LogP contribution in [0.25, 0.3) is 0 Å². The Hall–Kier alpha value is -1.84. The van der Waals surface area contributed by atoms with Crippen molar-refractivity contribution in [2.45, 2.75) is 83.2 Å². The van der Waals surface area contributed by atoms with E-state index in [1.165, 1.54) is 25.7 Å². The third kappa shape index (κ3) is 3.15. The monoisotopic (exact) mass is 354 g/mol. The molecule has 0 unspecified atom stereocenters. The van der Waals surface area contributed by atoms with Gasteiger partial charge in [0.25, 0.3) is 5.91 Å². The summed E-state index contributed by atoms with van der Waals surface area (Å²) < 4.78 is 0. The normalized spacial score (nSPS) is 20.6. The molecule has 2 fully saturated rings. The van der Waals surface area contributed by atoms with E-state index >= 15 is 0 Å². The first kappa shape index (κ1) is 17.6. The van der Waals surface area contributed by atoms with Crippen molar-refractivity contribution in [1.29, 1.82) is 0 Å². The van der Waals surface area contributed by atoms with E-state index in [4.69, 9.17) is 0 Å². The van der Waals surface area contributed by atoms with Crippen LogP contribution in [0.2, 0.25) is 0 Å². The van der Waals surface area contributed by atoms with Crippen LogP contribution in [0.1, 0.15) is 80.6 Å². The number of carbonyl (C=O) groups excluding carboxylic acids is 2. The van der Waals surface area contributed by atoms with Gasteiger partial charge in [-0.05, 0) is 55.9 Å². The second-order valence-electron chi connectivity index (χ2n) is 8.08. The summed E-state index contributed by atoms with van der Waals surface area (Å²) in [5.74, 6) is 0.383. The lowest BCUT2D eigenvalue weighted by Gasteiger charge is -2.35. The van der Waals surface area contributed by atoms with Gasteiger partial charge in [-0.3, -0.25) is 9.59 Å². The van der Waals surface area contributed by atoms with Gasteiger partial charge in [0.05, 0.1) is 0 Å². The van der Waals surface area contributed by atoms with Gasteiger partial charge in [-0.25, -0.2) is 0 Å². The predicted molar refractivity (Wildman–Crippen MR) is 103 cm³/mol. The molecule has 0 spiro atoms. The summed E-state index contributed by atoms with van der Waals surface area (Å²) in [4.78, 5) is 29.7. The SMILES string of the molecule is CCC(=O)N1CCc2cc(C(=O)N(C3CCCC3)C3CCCC3)ccc21. The molecule has 1 aromatic carbocycles. The number of nitrogens with zero attached hydrogens (tertiary/aromatic N) is 2.